The van der Waals surface area contributed by atoms with E-state index >= 15 is 0 Å². The van der Waals surface area contributed by atoms with Crippen molar-refractivity contribution in [2.75, 3.05) is 0 Å². The molecule has 0 radical (unpaired) electrons. The summed E-state index contributed by atoms with van der Waals surface area (Å²) < 4.78 is 1.32. The van der Waals surface area contributed by atoms with E-state index in [2.05, 4.69) is 4.98 Å². The lowest BCUT2D eigenvalue weighted by atomic mass is 10.6. The van der Waals surface area contributed by atoms with Gasteiger partial charge in [0.15, 0.2) is 0 Å². The Bertz CT molecular complexity index is 242. The van der Waals surface area contributed by atoms with Gasteiger partial charge in [0, 0.05) is 12.3 Å². The highest BCUT2D eigenvalue weighted by molar-refractivity contribution is 4.80. The van der Waals surface area contributed by atoms with Crippen molar-refractivity contribution >= 4 is 0 Å². The third-order valence-electron chi connectivity index (χ3n) is 0.989. The van der Waals surface area contributed by atoms with Crippen LogP contribution in [0.15, 0.2) is 23.4 Å². The first-order chi connectivity index (χ1) is 4.34. The number of nitrogens with two attached hydrogens (primary N) is 1. The minimum absolute atomic E-state index is 0.118. The van der Waals surface area contributed by atoms with E-state index in [9.17, 15) is 4.79 Å². The third-order valence-corrected chi connectivity index (χ3v) is 0.989. The van der Waals surface area contributed by atoms with E-state index in [0.717, 1.165) is 0 Å². The Labute approximate surface area is 51.9 Å². The molecule has 48 valence electrons. The van der Waals surface area contributed by atoms with E-state index in [0.29, 0.717) is 0 Å². The fraction of sp³-hybridized carbons (Fsp3) is 0.200. The molecule has 0 spiro atoms. The van der Waals surface area contributed by atoms with Gasteiger partial charge < -0.3 is 5.73 Å². The first-order valence-electron chi connectivity index (χ1n) is 2.55. The maximum absolute atomic E-state index is 10.7. The molecular formula is C5H7N3O. The van der Waals surface area contributed by atoms with Gasteiger partial charge in [0.1, 0.15) is 0 Å². The summed E-state index contributed by atoms with van der Waals surface area (Å²) in [7, 11) is 0. The Morgan fingerprint density at radius 3 is 3.00 bits per heavy atom. The Morgan fingerprint density at radius 1 is 1.78 bits per heavy atom. The molecule has 9 heavy (non-hydrogen) atoms. The van der Waals surface area contributed by atoms with Crippen LogP contribution < -0.4 is 11.3 Å². The van der Waals surface area contributed by atoms with Gasteiger partial charge in [-0.15, -0.1) is 0 Å². The monoisotopic (exact) mass is 125 g/mol. The Hall–Kier alpha value is -1.16. The second-order valence-corrected chi connectivity index (χ2v) is 1.57. The zero-order valence-electron chi connectivity index (χ0n) is 4.82. The predicted molar refractivity (Wildman–Crippen MR) is 32.7 cm³/mol. The molecule has 2 N–H and O–H groups in total. The highest BCUT2D eigenvalue weighted by Crippen LogP contribution is 1.69. The molecule has 1 rings (SSSR count). The molecule has 0 unspecified atom stereocenters. The van der Waals surface area contributed by atoms with Crippen LogP contribution in [0.3, 0.4) is 0 Å². The van der Waals surface area contributed by atoms with Gasteiger partial charge in [0.05, 0.1) is 13.0 Å². The smallest absolute Gasteiger partial charge is 0.254 e. The van der Waals surface area contributed by atoms with Gasteiger partial charge in [-0.1, -0.05) is 0 Å². The van der Waals surface area contributed by atoms with Crippen molar-refractivity contribution in [1.29, 1.82) is 0 Å². The fourth-order valence-corrected chi connectivity index (χ4v) is 0.516. The molecule has 1 heterocycles. The molecule has 0 aliphatic rings. The quantitative estimate of drug-likeness (QED) is 0.532. The Balaban J connectivity index is 3.16. The molecule has 0 saturated carbocycles. The molecule has 0 aliphatic carbocycles. The summed E-state index contributed by atoms with van der Waals surface area (Å²) in [5, 5.41) is 0. The van der Waals surface area contributed by atoms with Gasteiger partial charge in [-0.25, -0.2) is 4.98 Å². The van der Waals surface area contributed by atoms with Crippen molar-refractivity contribution in [3.05, 3.63) is 28.9 Å². The average molecular weight is 125 g/mol. The normalized spacial score (nSPS) is 9.44. The summed E-state index contributed by atoms with van der Waals surface area (Å²) in [4.78, 5) is 14.4. The topological polar surface area (TPSA) is 60.9 Å². The summed E-state index contributed by atoms with van der Waals surface area (Å²) in [5.74, 6) is 0. The zero-order valence-corrected chi connectivity index (χ0v) is 4.82. The highest BCUT2D eigenvalue weighted by Gasteiger charge is 1.86. The molecule has 0 amide bonds. The van der Waals surface area contributed by atoms with Crippen LogP contribution in [-0.4, -0.2) is 9.55 Å². The van der Waals surface area contributed by atoms with Gasteiger partial charge in [0.25, 0.3) is 5.56 Å². The van der Waals surface area contributed by atoms with E-state index in [1.807, 2.05) is 0 Å². The lowest BCUT2D eigenvalue weighted by Gasteiger charge is -1.95. The lowest BCUT2D eigenvalue weighted by Crippen LogP contribution is -2.22. The van der Waals surface area contributed by atoms with Crippen LogP contribution in [0.25, 0.3) is 0 Å². The van der Waals surface area contributed by atoms with Crippen LogP contribution in [0.1, 0.15) is 0 Å². The molecule has 0 aromatic carbocycles. The molecular weight excluding hydrogens is 118 g/mol. The Kier molecular flexibility index (Phi) is 1.60. The van der Waals surface area contributed by atoms with Gasteiger partial charge in [-0.05, 0) is 0 Å². The molecule has 1 aromatic rings. The van der Waals surface area contributed by atoms with Crippen LogP contribution in [0.4, 0.5) is 0 Å². The molecule has 4 nitrogen and oxygen atoms in total. The summed E-state index contributed by atoms with van der Waals surface area (Å²) in [6.45, 7) is 0.187. The van der Waals surface area contributed by atoms with Gasteiger partial charge >= 0.3 is 0 Å². The predicted octanol–water partition coefficient (Wildman–Crippen LogP) is -0.841. The zero-order chi connectivity index (χ0) is 6.69. The van der Waals surface area contributed by atoms with Crippen LogP contribution in [0.5, 0.6) is 0 Å². The summed E-state index contributed by atoms with van der Waals surface area (Å²) in [5.41, 5.74) is 5.06. The second kappa shape index (κ2) is 2.41. The maximum atomic E-state index is 10.7. The highest BCUT2D eigenvalue weighted by atomic mass is 16.1. The van der Waals surface area contributed by atoms with Gasteiger partial charge in [-0.3, -0.25) is 9.36 Å². The summed E-state index contributed by atoms with van der Waals surface area (Å²) >= 11 is 0. The van der Waals surface area contributed by atoms with E-state index in [1.165, 1.54) is 23.2 Å². The third kappa shape index (κ3) is 1.14. The largest absolute Gasteiger partial charge is 0.313 e. The number of nitrogens with zero attached hydrogens (tertiary/aromatic N) is 2. The molecule has 0 atom stereocenters. The average Bonchev–Trinajstić information content (AvgIpc) is 1.89. The van der Waals surface area contributed by atoms with Gasteiger partial charge in [-0.2, -0.15) is 0 Å². The number of hydrogen-bond acceptors (Lipinski definition) is 3. The molecule has 0 bridgehead atoms. The fourth-order valence-electron chi connectivity index (χ4n) is 0.516. The van der Waals surface area contributed by atoms with Crippen molar-refractivity contribution in [1.82, 2.24) is 9.55 Å². The van der Waals surface area contributed by atoms with Crippen LogP contribution in [-0.2, 0) is 6.67 Å². The van der Waals surface area contributed by atoms with E-state index < -0.39 is 0 Å². The molecule has 0 aliphatic heterocycles. The van der Waals surface area contributed by atoms with Gasteiger partial charge in [0.2, 0.25) is 0 Å². The first kappa shape index (κ1) is 5.97. The summed E-state index contributed by atoms with van der Waals surface area (Å²) in [6, 6.07) is 1.37. The molecule has 1 aromatic heterocycles. The van der Waals surface area contributed by atoms with Crippen molar-refractivity contribution < 1.29 is 0 Å². The maximum Gasteiger partial charge on any atom is 0.254 e. The number of rotatable bonds is 1. The minimum Gasteiger partial charge on any atom is -0.313 e. The standard InChI is InChI=1S/C5H7N3O/c6-3-8-4-7-2-1-5(8)9/h1-2,4H,3,6H2. The first-order valence-corrected chi connectivity index (χ1v) is 2.55. The molecule has 0 fully saturated rings. The van der Waals surface area contributed by atoms with E-state index in [4.69, 9.17) is 5.73 Å². The minimum atomic E-state index is -0.118. The molecule has 4 heteroatoms. The lowest BCUT2D eigenvalue weighted by molar-refractivity contribution is 0.682. The molecule has 0 saturated heterocycles. The van der Waals surface area contributed by atoms with Crippen LogP contribution in [0.2, 0.25) is 0 Å². The van der Waals surface area contributed by atoms with Crippen LogP contribution in [0, 0.1) is 0 Å². The van der Waals surface area contributed by atoms with Crippen molar-refractivity contribution in [2.45, 2.75) is 6.67 Å². The van der Waals surface area contributed by atoms with E-state index in [1.54, 1.807) is 0 Å². The SMILES string of the molecule is NCn1cnccc1=O. The summed E-state index contributed by atoms with van der Waals surface area (Å²) in [6.07, 6.45) is 2.84. The Morgan fingerprint density at radius 2 is 2.56 bits per heavy atom. The van der Waals surface area contributed by atoms with Crippen LogP contribution >= 0.6 is 0 Å². The van der Waals surface area contributed by atoms with E-state index in [-0.39, 0.29) is 12.2 Å². The number of aromatic nitrogens is 2. The van der Waals surface area contributed by atoms with Crippen molar-refractivity contribution in [3.8, 4) is 0 Å². The van der Waals surface area contributed by atoms with Crippen molar-refractivity contribution in [2.24, 2.45) is 5.73 Å². The number of hydrogen-bond donors (Lipinski definition) is 1. The van der Waals surface area contributed by atoms with Crippen molar-refractivity contribution in [3.63, 3.8) is 0 Å². The second-order valence-electron chi connectivity index (χ2n) is 1.57.